The Morgan fingerprint density at radius 1 is 1.23 bits per heavy atom. The molecule has 0 amide bonds. The van der Waals surface area contributed by atoms with Gasteiger partial charge in [-0.3, -0.25) is 0 Å². The fourth-order valence-corrected chi connectivity index (χ4v) is 6.47. The van der Waals surface area contributed by atoms with Crippen LogP contribution in [0.15, 0.2) is 39.9 Å². The second-order valence-corrected chi connectivity index (χ2v) is 10.1. The van der Waals surface area contributed by atoms with Crippen LogP contribution in [0.4, 0.5) is 5.88 Å². The van der Waals surface area contributed by atoms with Gasteiger partial charge in [0.15, 0.2) is 11.5 Å². The zero-order chi connectivity index (χ0) is 21.8. The molecule has 5 rings (SSSR count). The second-order valence-electron chi connectivity index (χ2n) is 7.04. The van der Waals surface area contributed by atoms with E-state index in [4.69, 9.17) is 25.6 Å². The van der Waals surface area contributed by atoms with Gasteiger partial charge >= 0.3 is 0 Å². The summed E-state index contributed by atoms with van der Waals surface area (Å²) in [4.78, 5) is 5.74. The summed E-state index contributed by atoms with van der Waals surface area (Å²) in [5.74, 6) is 1.21. The highest BCUT2D eigenvalue weighted by Gasteiger charge is 2.28. The standard InChI is InChI=1S/C20H16ClN3O5S2/c1-10-6-14-15(28-9-27-14)7-12(10)8-16-18(13-4-3-5-22-20(13)30-16)31(25,26)24-19-17(21)11(2)23-29-19/h3-7,24H,8-9H2,1-2H3. The van der Waals surface area contributed by atoms with Crippen LogP contribution in [0.1, 0.15) is 21.7 Å². The average molecular weight is 478 g/mol. The molecule has 1 aromatic carbocycles. The third kappa shape index (κ3) is 3.50. The molecule has 1 aliphatic heterocycles. The van der Waals surface area contributed by atoms with Crippen molar-refractivity contribution in [2.75, 3.05) is 11.5 Å². The third-order valence-electron chi connectivity index (χ3n) is 4.96. The van der Waals surface area contributed by atoms with Crippen molar-refractivity contribution in [3.8, 4) is 11.5 Å². The Morgan fingerprint density at radius 3 is 2.74 bits per heavy atom. The van der Waals surface area contributed by atoms with E-state index in [2.05, 4.69) is 14.9 Å². The third-order valence-corrected chi connectivity index (χ3v) is 8.10. The molecule has 0 saturated heterocycles. The molecule has 31 heavy (non-hydrogen) atoms. The Bertz CT molecular complexity index is 1430. The van der Waals surface area contributed by atoms with Crippen molar-refractivity contribution in [1.29, 1.82) is 0 Å². The summed E-state index contributed by atoms with van der Waals surface area (Å²) in [6, 6.07) is 7.22. The average Bonchev–Trinajstić information content (AvgIpc) is 3.41. The molecule has 1 N–H and O–H groups in total. The van der Waals surface area contributed by atoms with Crippen molar-refractivity contribution in [3.05, 3.63) is 57.2 Å². The fourth-order valence-electron chi connectivity index (χ4n) is 3.41. The first kappa shape index (κ1) is 20.1. The van der Waals surface area contributed by atoms with Crippen LogP contribution >= 0.6 is 22.9 Å². The van der Waals surface area contributed by atoms with Crippen LogP contribution in [0, 0.1) is 13.8 Å². The molecule has 8 nitrogen and oxygen atoms in total. The minimum Gasteiger partial charge on any atom is -0.454 e. The van der Waals surface area contributed by atoms with Gasteiger partial charge in [-0.1, -0.05) is 16.8 Å². The summed E-state index contributed by atoms with van der Waals surface area (Å²) >= 11 is 7.45. The first-order valence-corrected chi connectivity index (χ1v) is 11.9. The Kier molecular flexibility index (Phi) is 4.80. The van der Waals surface area contributed by atoms with E-state index in [1.807, 2.05) is 19.1 Å². The number of fused-ring (bicyclic) bond motifs is 2. The van der Waals surface area contributed by atoms with Crippen molar-refractivity contribution in [2.24, 2.45) is 0 Å². The molecule has 11 heteroatoms. The van der Waals surface area contributed by atoms with Gasteiger partial charge in [-0.05, 0) is 49.2 Å². The molecule has 0 unspecified atom stereocenters. The lowest BCUT2D eigenvalue weighted by atomic mass is 10.0. The lowest BCUT2D eigenvalue weighted by molar-refractivity contribution is 0.174. The number of hydrogen-bond acceptors (Lipinski definition) is 8. The highest BCUT2D eigenvalue weighted by molar-refractivity contribution is 7.93. The Morgan fingerprint density at radius 2 is 2.00 bits per heavy atom. The van der Waals surface area contributed by atoms with E-state index < -0.39 is 10.0 Å². The van der Waals surface area contributed by atoms with Crippen LogP contribution in [0.25, 0.3) is 10.2 Å². The van der Waals surface area contributed by atoms with E-state index in [9.17, 15) is 8.42 Å². The van der Waals surface area contributed by atoms with E-state index in [0.29, 0.717) is 38.7 Å². The molecule has 3 aromatic heterocycles. The maximum atomic E-state index is 13.4. The van der Waals surface area contributed by atoms with Gasteiger partial charge in [0.05, 0.1) is 0 Å². The summed E-state index contributed by atoms with van der Waals surface area (Å²) in [7, 11) is -4.03. The number of thiophene rings is 1. The number of pyridine rings is 1. The molecule has 0 fully saturated rings. The van der Waals surface area contributed by atoms with E-state index in [1.54, 1.807) is 25.3 Å². The monoisotopic (exact) mass is 477 g/mol. The van der Waals surface area contributed by atoms with E-state index >= 15 is 0 Å². The topological polar surface area (TPSA) is 104 Å². The normalized spacial score (nSPS) is 13.1. The van der Waals surface area contributed by atoms with Crippen molar-refractivity contribution >= 4 is 49.1 Å². The Balaban J connectivity index is 1.62. The van der Waals surface area contributed by atoms with Gasteiger partial charge in [-0.2, -0.15) is 0 Å². The molecular weight excluding hydrogens is 462 g/mol. The number of aromatic nitrogens is 2. The zero-order valence-corrected chi connectivity index (χ0v) is 18.8. The second kappa shape index (κ2) is 7.40. The van der Waals surface area contributed by atoms with Crippen molar-refractivity contribution in [1.82, 2.24) is 10.1 Å². The van der Waals surface area contributed by atoms with Gasteiger partial charge in [-0.25, -0.2) is 18.1 Å². The van der Waals surface area contributed by atoms with Gasteiger partial charge in [0, 0.05) is 22.9 Å². The van der Waals surface area contributed by atoms with Gasteiger partial charge in [0.25, 0.3) is 15.9 Å². The number of aryl methyl sites for hydroxylation is 2. The minimum atomic E-state index is -4.03. The predicted octanol–water partition coefficient (Wildman–Crippen LogP) is 4.67. The van der Waals surface area contributed by atoms with Crippen molar-refractivity contribution in [2.45, 2.75) is 25.2 Å². The van der Waals surface area contributed by atoms with E-state index in [-0.39, 0.29) is 22.6 Å². The molecule has 0 aliphatic carbocycles. The van der Waals surface area contributed by atoms with Crippen LogP contribution in [0.2, 0.25) is 5.02 Å². The maximum Gasteiger partial charge on any atom is 0.266 e. The molecule has 0 radical (unpaired) electrons. The molecule has 4 heterocycles. The lowest BCUT2D eigenvalue weighted by Gasteiger charge is -2.10. The number of benzene rings is 1. The SMILES string of the molecule is Cc1cc2c(cc1Cc1sc3ncccc3c1S(=O)(=O)Nc1onc(C)c1Cl)OCO2. The summed E-state index contributed by atoms with van der Waals surface area (Å²) < 4.78 is 45.2. The molecule has 1 aliphatic rings. The summed E-state index contributed by atoms with van der Waals surface area (Å²) in [6.07, 6.45) is 2.01. The van der Waals surface area contributed by atoms with Crippen molar-refractivity contribution in [3.63, 3.8) is 0 Å². The van der Waals surface area contributed by atoms with Crippen LogP contribution < -0.4 is 14.2 Å². The number of anilines is 1. The van der Waals surface area contributed by atoms with E-state index in [0.717, 1.165) is 11.1 Å². The van der Waals surface area contributed by atoms with Gasteiger partial charge in [0.2, 0.25) is 6.79 Å². The Labute approximate surface area is 186 Å². The van der Waals surface area contributed by atoms with Crippen LogP contribution in [0.5, 0.6) is 11.5 Å². The predicted molar refractivity (Wildman–Crippen MR) is 117 cm³/mol. The van der Waals surface area contributed by atoms with Crippen LogP contribution in [-0.4, -0.2) is 25.4 Å². The summed E-state index contributed by atoms with van der Waals surface area (Å²) in [5, 5.41) is 4.36. The van der Waals surface area contributed by atoms with E-state index in [1.165, 1.54) is 11.3 Å². The highest BCUT2D eigenvalue weighted by Crippen LogP contribution is 2.40. The summed E-state index contributed by atoms with van der Waals surface area (Å²) in [6.45, 7) is 3.75. The molecule has 0 bridgehead atoms. The number of ether oxygens (including phenoxy) is 2. The molecule has 0 spiro atoms. The zero-order valence-electron chi connectivity index (χ0n) is 16.4. The Hall–Kier alpha value is -2.82. The molecule has 0 atom stereocenters. The number of nitrogens with one attached hydrogen (secondary N) is 1. The lowest BCUT2D eigenvalue weighted by Crippen LogP contribution is -2.14. The van der Waals surface area contributed by atoms with Gasteiger partial charge < -0.3 is 14.0 Å². The molecule has 160 valence electrons. The van der Waals surface area contributed by atoms with Crippen LogP contribution in [-0.2, 0) is 16.4 Å². The minimum absolute atomic E-state index is 0.118. The van der Waals surface area contributed by atoms with Crippen LogP contribution in [0.3, 0.4) is 0 Å². The number of hydrogen-bond donors (Lipinski definition) is 1. The fraction of sp³-hybridized carbons (Fsp3) is 0.200. The smallest absolute Gasteiger partial charge is 0.266 e. The van der Waals surface area contributed by atoms with Crippen molar-refractivity contribution < 1.29 is 22.4 Å². The van der Waals surface area contributed by atoms with Gasteiger partial charge in [0.1, 0.15) is 20.4 Å². The first-order valence-electron chi connectivity index (χ1n) is 9.23. The number of sulfonamides is 1. The number of rotatable bonds is 5. The number of halogens is 1. The molecular formula is C20H16ClN3O5S2. The largest absolute Gasteiger partial charge is 0.454 e. The molecule has 4 aromatic rings. The summed E-state index contributed by atoms with van der Waals surface area (Å²) in [5.41, 5.74) is 2.30. The quantitative estimate of drug-likeness (QED) is 0.445. The highest BCUT2D eigenvalue weighted by atomic mass is 35.5. The first-order chi connectivity index (χ1) is 14.8. The molecule has 0 saturated carbocycles. The number of nitrogens with zero attached hydrogens (tertiary/aromatic N) is 2. The maximum absolute atomic E-state index is 13.4. The van der Waals surface area contributed by atoms with Gasteiger partial charge in [-0.15, -0.1) is 11.3 Å².